The first-order valence-electron chi connectivity index (χ1n) is 10.7. The first-order chi connectivity index (χ1) is 11.9. The van der Waals surface area contributed by atoms with Gasteiger partial charge in [0.15, 0.2) is 0 Å². The third-order valence-corrected chi connectivity index (χ3v) is 5.69. The smallest absolute Gasteiger partial charge is 0.00671 e. The van der Waals surface area contributed by atoms with Crippen LogP contribution in [0.2, 0.25) is 0 Å². The van der Waals surface area contributed by atoms with Crippen LogP contribution in [0.5, 0.6) is 0 Å². The molecule has 0 aliphatic heterocycles. The number of nitrogens with one attached hydrogen (secondary N) is 1. The van der Waals surface area contributed by atoms with E-state index in [2.05, 4.69) is 42.6 Å². The average molecular weight is 330 g/mol. The second-order valence-corrected chi connectivity index (χ2v) is 7.84. The predicted molar refractivity (Wildman–Crippen MR) is 107 cm³/mol. The summed E-state index contributed by atoms with van der Waals surface area (Å²) in [7, 11) is 0. The minimum Gasteiger partial charge on any atom is -0.314 e. The summed E-state index contributed by atoms with van der Waals surface area (Å²) in [4.78, 5) is 0. The van der Waals surface area contributed by atoms with Crippen molar-refractivity contribution in [3.63, 3.8) is 0 Å². The van der Waals surface area contributed by atoms with Gasteiger partial charge in [-0.1, -0.05) is 82.2 Å². The summed E-state index contributed by atoms with van der Waals surface area (Å²) in [6.45, 7) is 3.59. The quantitative estimate of drug-likeness (QED) is 0.430. The van der Waals surface area contributed by atoms with Gasteiger partial charge in [-0.05, 0) is 56.6 Å². The van der Waals surface area contributed by atoms with E-state index in [1.54, 1.807) is 0 Å². The van der Waals surface area contributed by atoms with Gasteiger partial charge in [-0.15, -0.1) is 0 Å². The Labute approximate surface area is 150 Å². The summed E-state index contributed by atoms with van der Waals surface area (Å²) in [6.07, 6.45) is 18.2. The lowest BCUT2D eigenvalue weighted by Gasteiger charge is -2.26. The molecule has 1 saturated carbocycles. The van der Waals surface area contributed by atoms with Crippen LogP contribution >= 0.6 is 0 Å². The van der Waals surface area contributed by atoms with Crippen molar-refractivity contribution in [2.45, 2.75) is 96.4 Å². The number of hydrogen-bond acceptors (Lipinski definition) is 1. The SMILES string of the molecule is CCCCC(CCCCCc1ccccc1)CNC1CCCCC1. The van der Waals surface area contributed by atoms with Gasteiger partial charge in [0, 0.05) is 6.04 Å². The van der Waals surface area contributed by atoms with E-state index in [-0.39, 0.29) is 0 Å². The van der Waals surface area contributed by atoms with Gasteiger partial charge in [0.2, 0.25) is 0 Å². The van der Waals surface area contributed by atoms with E-state index in [9.17, 15) is 0 Å². The Kier molecular flexibility index (Phi) is 10.2. The Hall–Kier alpha value is -0.820. The van der Waals surface area contributed by atoms with Crippen molar-refractivity contribution >= 4 is 0 Å². The molecule has 1 atom stereocenters. The standard InChI is InChI=1S/C23H39N/c1-2-3-13-22(20-24-23-18-11-6-12-19-23)17-10-5-9-16-21-14-7-4-8-15-21/h4,7-8,14-15,22-24H,2-3,5-6,9-13,16-20H2,1H3. The highest BCUT2D eigenvalue weighted by Crippen LogP contribution is 2.20. The molecule has 0 bridgehead atoms. The van der Waals surface area contributed by atoms with Crippen LogP contribution in [0.4, 0.5) is 0 Å². The molecule has 1 fully saturated rings. The maximum absolute atomic E-state index is 3.90. The third-order valence-electron chi connectivity index (χ3n) is 5.69. The van der Waals surface area contributed by atoms with E-state index in [1.165, 1.54) is 95.6 Å². The van der Waals surface area contributed by atoms with Crippen LogP contribution in [0.25, 0.3) is 0 Å². The predicted octanol–water partition coefficient (Wildman–Crippen LogP) is 6.52. The van der Waals surface area contributed by atoms with Crippen molar-refractivity contribution in [3.05, 3.63) is 35.9 Å². The van der Waals surface area contributed by atoms with Crippen LogP contribution < -0.4 is 5.32 Å². The van der Waals surface area contributed by atoms with Crippen molar-refractivity contribution in [3.8, 4) is 0 Å². The zero-order chi connectivity index (χ0) is 16.9. The van der Waals surface area contributed by atoms with E-state index in [4.69, 9.17) is 0 Å². The fourth-order valence-corrected chi connectivity index (χ4v) is 4.06. The molecule has 0 radical (unpaired) electrons. The van der Waals surface area contributed by atoms with Gasteiger partial charge in [-0.2, -0.15) is 0 Å². The molecule has 1 N–H and O–H groups in total. The van der Waals surface area contributed by atoms with Crippen LogP contribution in [0.15, 0.2) is 30.3 Å². The summed E-state index contributed by atoms with van der Waals surface area (Å²) in [5.41, 5.74) is 1.50. The van der Waals surface area contributed by atoms with Crippen molar-refractivity contribution in [1.29, 1.82) is 0 Å². The zero-order valence-electron chi connectivity index (χ0n) is 15.9. The number of hydrogen-bond donors (Lipinski definition) is 1. The fourth-order valence-electron chi connectivity index (χ4n) is 4.06. The molecule has 0 amide bonds. The minimum atomic E-state index is 0.820. The Morgan fingerprint density at radius 3 is 2.42 bits per heavy atom. The molecule has 0 heterocycles. The summed E-state index contributed by atoms with van der Waals surface area (Å²) in [5.74, 6) is 0.906. The van der Waals surface area contributed by atoms with Gasteiger partial charge >= 0.3 is 0 Å². The molecule has 1 heteroatoms. The number of unbranched alkanes of at least 4 members (excludes halogenated alkanes) is 3. The first kappa shape index (κ1) is 19.5. The molecule has 2 rings (SSSR count). The lowest BCUT2D eigenvalue weighted by molar-refractivity contribution is 0.322. The molecule has 1 aromatic carbocycles. The van der Waals surface area contributed by atoms with Gasteiger partial charge in [0.1, 0.15) is 0 Å². The highest BCUT2D eigenvalue weighted by molar-refractivity contribution is 5.14. The van der Waals surface area contributed by atoms with E-state index >= 15 is 0 Å². The summed E-state index contributed by atoms with van der Waals surface area (Å²) in [5, 5.41) is 3.90. The molecule has 24 heavy (non-hydrogen) atoms. The van der Waals surface area contributed by atoms with Crippen molar-refractivity contribution in [2.75, 3.05) is 6.54 Å². The second kappa shape index (κ2) is 12.5. The van der Waals surface area contributed by atoms with Gasteiger partial charge < -0.3 is 5.32 Å². The van der Waals surface area contributed by atoms with E-state index < -0.39 is 0 Å². The Morgan fingerprint density at radius 1 is 0.917 bits per heavy atom. The van der Waals surface area contributed by atoms with E-state index in [1.807, 2.05) is 0 Å². The highest BCUT2D eigenvalue weighted by Gasteiger charge is 2.15. The van der Waals surface area contributed by atoms with E-state index in [0.717, 1.165) is 12.0 Å². The Morgan fingerprint density at radius 2 is 1.67 bits per heavy atom. The normalized spacial score (nSPS) is 17.0. The van der Waals surface area contributed by atoms with Crippen LogP contribution in [0.3, 0.4) is 0 Å². The molecule has 0 saturated heterocycles. The molecular weight excluding hydrogens is 290 g/mol. The average Bonchev–Trinajstić information content (AvgIpc) is 2.64. The maximum Gasteiger partial charge on any atom is 0.00671 e. The topological polar surface area (TPSA) is 12.0 Å². The van der Waals surface area contributed by atoms with Gasteiger partial charge in [0.05, 0.1) is 0 Å². The van der Waals surface area contributed by atoms with Gasteiger partial charge in [0.25, 0.3) is 0 Å². The molecule has 136 valence electrons. The molecule has 1 aliphatic carbocycles. The molecular formula is C23H39N. The summed E-state index contributed by atoms with van der Waals surface area (Å²) >= 11 is 0. The Bertz CT molecular complexity index is 394. The van der Waals surface area contributed by atoms with E-state index in [0.29, 0.717) is 0 Å². The van der Waals surface area contributed by atoms with Crippen molar-refractivity contribution in [1.82, 2.24) is 5.32 Å². The van der Waals surface area contributed by atoms with Crippen LogP contribution in [-0.2, 0) is 6.42 Å². The van der Waals surface area contributed by atoms with Crippen LogP contribution in [0.1, 0.15) is 89.5 Å². The largest absolute Gasteiger partial charge is 0.314 e. The van der Waals surface area contributed by atoms with Gasteiger partial charge in [-0.25, -0.2) is 0 Å². The molecule has 1 aliphatic rings. The second-order valence-electron chi connectivity index (χ2n) is 7.84. The molecule has 1 unspecified atom stereocenters. The number of aryl methyl sites for hydroxylation is 1. The lowest BCUT2D eigenvalue weighted by atomic mass is 9.92. The summed E-state index contributed by atoms with van der Waals surface area (Å²) in [6, 6.07) is 11.8. The first-order valence-corrected chi connectivity index (χ1v) is 10.7. The zero-order valence-corrected chi connectivity index (χ0v) is 15.9. The van der Waals surface area contributed by atoms with Gasteiger partial charge in [-0.3, -0.25) is 0 Å². The summed E-state index contributed by atoms with van der Waals surface area (Å²) < 4.78 is 0. The molecule has 1 aromatic rings. The lowest BCUT2D eigenvalue weighted by Crippen LogP contribution is -2.34. The van der Waals surface area contributed by atoms with Crippen molar-refractivity contribution in [2.24, 2.45) is 5.92 Å². The monoisotopic (exact) mass is 329 g/mol. The molecule has 0 aromatic heterocycles. The van der Waals surface area contributed by atoms with Crippen LogP contribution in [-0.4, -0.2) is 12.6 Å². The number of rotatable bonds is 12. The highest BCUT2D eigenvalue weighted by atomic mass is 14.9. The fraction of sp³-hybridized carbons (Fsp3) is 0.739. The van der Waals surface area contributed by atoms with Crippen molar-refractivity contribution < 1.29 is 0 Å². The third kappa shape index (κ3) is 8.33. The maximum atomic E-state index is 3.90. The minimum absolute atomic E-state index is 0.820. The van der Waals surface area contributed by atoms with Crippen LogP contribution in [0, 0.1) is 5.92 Å². The number of benzene rings is 1. The molecule has 1 nitrogen and oxygen atoms in total. The molecule has 0 spiro atoms. The Balaban J connectivity index is 1.59.